The molecule has 1 rings (SSSR count). The van der Waals surface area contributed by atoms with Crippen LogP contribution in [0.4, 0.5) is 0 Å². The fourth-order valence-corrected chi connectivity index (χ4v) is 3.01. The molecule has 0 aromatic heterocycles. The molecule has 0 N–H and O–H groups in total. The first kappa shape index (κ1) is 15.0. The van der Waals surface area contributed by atoms with Gasteiger partial charge in [0.2, 0.25) is 5.91 Å². The number of rotatable bonds is 4. The van der Waals surface area contributed by atoms with Crippen molar-refractivity contribution in [2.75, 3.05) is 19.8 Å². The van der Waals surface area contributed by atoms with Crippen LogP contribution in [0.2, 0.25) is 5.02 Å². The van der Waals surface area contributed by atoms with Gasteiger partial charge in [0.15, 0.2) is 9.84 Å². The largest absolute Gasteiger partial charge is 0.348 e. The van der Waals surface area contributed by atoms with E-state index >= 15 is 0 Å². The van der Waals surface area contributed by atoms with Crippen LogP contribution >= 0.6 is 11.6 Å². The van der Waals surface area contributed by atoms with E-state index in [1.54, 1.807) is 31.2 Å². The molecule has 1 unspecified atom stereocenters. The normalized spacial score (nSPS) is 13.1. The smallest absolute Gasteiger partial charge is 0.237 e. The first-order valence-electron chi connectivity index (χ1n) is 5.41. The van der Waals surface area contributed by atoms with Gasteiger partial charge in [-0.25, -0.2) is 8.42 Å². The number of hydrogen-bond donors (Lipinski definition) is 0. The second-order valence-corrected chi connectivity index (χ2v) is 7.05. The summed E-state index contributed by atoms with van der Waals surface area (Å²) in [5.74, 6) is -0.919. The van der Waals surface area contributed by atoms with Crippen LogP contribution in [0.3, 0.4) is 0 Å². The lowest BCUT2D eigenvalue weighted by atomic mass is 10.2. The lowest BCUT2D eigenvalue weighted by molar-refractivity contribution is -0.125. The number of carbonyl (C=O) groups excluding carboxylic acids is 1. The van der Waals surface area contributed by atoms with Gasteiger partial charge in [0.1, 0.15) is 5.75 Å². The number of carbonyl (C=O) groups is 1. The molecule has 6 heteroatoms. The van der Waals surface area contributed by atoms with E-state index in [1.807, 2.05) is 0 Å². The highest BCUT2D eigenvalue weighted by atomic mass is 35.5. The highest BCUT2D eigenvalue weighted by Gasteiger charge is 2.26. The predicted octanol–water partition coefficient (Wildman–Crippen LogP) is 1.90. The zero-order valence-electron chi connectivity index (χ0n) is 10.6. The maximum Gasteiger partial charge on any atom is 0.237 e. The van der Waals surface area contributed by atoms with E-state index in [9.17, 15) is 13.2 Å². The molecular formula is C12H16ClNO3S. The SMILES string of the molecule is CC(c1cccc(Cl)c1)S(=O)(=O)CC(=O)N(C)C. The van der Waals surface area contributed by atoms with Gasteiger partial charge in [0.25, 0.3) is 0 Å². The lowest BCUT2D eigenvalue weighted by Gasteiger charge is -2.15. The van der Waals surface area contributed by atoms with Crippen LogP contribution in [0.25, 0.3) is 0 Å². The van der Waals surface area contributed by atoms with Crippen molar-refractivity contribution < 1.29 is 13.2 Å². The van der Waals surface area contributed by atoms with E-state index < -0.39 is 26.7 Å². The Balaban J connectivity index is 2.95. The molecule has 0 radical (unpaired) electrons. The van der Waals surface area contributed by atoms with E-state index in [4.69, 9.17) is 11.6 Å². The van der Waals surface area contributed by atoms with Gasteiger partial charge >= 0.3 is 0 Å². The van der Waals surface area contributed by atoms with Crippen molar-refractivity contribution in [2.45, 2.75) is 12.2 Å². The summed E-state index contributed by atoms with van der Waals surface area (Å²) in [7, 11) is -0.465. The summed E-state index contributed by atoms with van der Waals surface area (Å²) in [5, 5.41) is -0.270. The Morgan fingerprint density at radius 2 is 2.00 bits per heavy atom. The Kier molecular flexibility index (Phi) is 4.76. The van der Waals surface area contributed by atoms with Gasteiger partial charge < -0.3 is 4.90 Å². The number of benzene rings is 1. The van der Waals surface area contributed by atoms with Gasteiger partial charge in [-0.05, 0) is 24.6 Å². The standard InChI is InChI=1S/C12H16ClNO3S/c1-9(10-5-4-6-11(13)7-10)18(16,17)8-12(15)14(2)3/h4-7,9H,8H2,1-3H3. The number of halogens is 1. The molecule has 0 spiro atoms. The van der Waals surface area contributed by atoms with Gasteiger partial charge in [-0.15, -0.1) is 0 Å². The highest BCUT2D eigenvalue weighted by Crippen LogP contribution is 2.24. The topological polar surface area (TPSA) is 54.5 Å². The summed E-state index contributed by atoms with van der Waals surface area (Å²) < 4.78 is 24.1. The average Bonchev–Trinajstić information content (AvgIpc) is 2.27. The van der Waals surface area contributed by atoms with Crippen molar-refractivity contribution in [1.29, 1.82) is 0 Å². The molecule has 1 amide bonds. The van der Waals surface area contributed by atoms with Crippen molar-refractivity contribution >= 4 is 27.3 Å². The fourth-order valence-electron chi connectivity index (χ4n) is 1.39. The lowest BCUT2D eigenvalue weighted by Crippen LogP contribution is -2.30. The Bertz CT molecular complexity index is 540. The highest BCUT2D eigenvalue weighted by molar-refractivity contribution is 7.92. The number of amides is 1. The molecule has 0 aliphatic heterocycles. The van der Waals surface area contributed by atoms with Gasteiger partial charge in [-0.3, -0.25) is 4.79 Å². The summed E-state index contributed by atoms with van der Waals surface area (Å²) >= 11 is 5.83. The molecule has 0 saturated heterocycles. The minimum Gasteiger partial charge on any atom is -0.348 e. The molecule has 0 heterocycles. The molecule has 0 aliphatic carbocycles. The van der Waals surface area contributed by atoms with Crippen molar-refractivity contribution in [3.05, 3.63) is 34.9 Å². The Morgan fingerprint density at radius 1 is 1.39 bits per heavy atom. The summed E-state index contributed by atoms with van der Waals surface area (Å²) in [6.07, 6.45) is 0. The molecule has 100 valence electrons. The maximum absolute atomic E-state index is 12.1. The van der Waals surface area contributed by atoms with Crippen LogP contribution in [0, 0.1) is 0 Å². The monoisotopic (exact) mass is 289 g/mol. The molecule has 0 fully saturated rings. The van der Waals surface area contributed by atoms with Crippen LogP contribution in [-0.4, -0.2) is 39.1 Å². The molecule has 4 nitrogen and oxygen atoms in total. The van der Waals surface area contributed by atoms with E-state index in [0.29, 0.717) is 10.6 Å². The van der Waals surface area contributed by atoms with E-state index in [0.717, 1.165) is 0 Å². The van der Waals surface area contributed by atoms with Crippen molar-refractivity contribution in [3.63, 3.8) is 0 Å². The van der Waals surface area contributed by atoms with Crippen LogP contribution in [0.1, 0.15) is 17.7 Å². The predicted molar refractivity (Wildman–Crippen MR) is 72.3 cm³/mol. The molecule has 1 aromatic carbocycles. The van der Waals surface area contributed by atoms with Crippen LogP contribution in [0.15, 0.2) is 24.3 Å². The van der Waals surface area contributed by atoms with E-state index in [-0.39, 0.29) is 0 Å². The fraction of sp³-hybridized carbons (Fsp3) is 0.417. The van der Waals surface area contributed by atoms with Gasteiger partial charge in [-0.1, -0.05) is 23.7 Å². The Labute approximate surface area is 112 Å². The molecule has 1 aromatic rings. The quantitative estimate of drug-likeness (QED) is 0.851. The van der Waals surface area contributed by atoms with E-state index in [1.165, 1.54) is 19.0 Å². The summed E-state index contributed by atoms with van der Waals surface area (Å²) in [6, 6.07) is 6.66. The van der Waals surface area contributed by atoms with Gasteiger partial charge in [0.05, 0.1) is 5.25 Å². The molecule has 0 bridgehead atoms. The van der Waals surface area contributed by atoms with Crippen molar-refractivity contribution in [2.24, 2.45) is 0 Å². The third-order valence-electron chi connectivity index (χ3n) is 2.68. The van der Waals surface area contributed by atoms with Crippen molar-refractivity contribution in [3.8, 4) is 0 Å². The first-order valence-corrected chi connectivity index (χ1v) is 7.50. The number of sulfone groups is 1. The molecular weight excluding hydrogens is 274 g/mol. The molecule has 1 atom stereocenters. The van der Waals surface area contributed by atoms with Gasteiger partial charge in [-0.2, -0.15) is 0 Å². The molecule has 0 saturated carbocycles. The second kappa shape index (κ2) is 5.71. The van der Waals surface area contributed by atoms with E-state index in [2.05, 4.69) is 0 Å². The number of hydrogen-bond acceptors (Lipinski definition) is 3. The second-order valence-electron chi connectivity index (χ2n) is 4.29. The minimum atomic E-state index is -3.52. The zero-order chi connectivity index (χ0) is 13.9. The Morgan fingerprint density at radius 3 is 2.50 bits per heavy atom. The van der Waals surface area contributed by atoms with Gasteiger partial charge in [0, 0.05) is 19.1 Å². The minimum absolute atomic E-state index is 0.427. The van der Waals surface area contributed by atoms with Crippen LogP contribution in [-0.2, 0) is 14.6 Å². The van der Waals surface area contributed by atoms with Crippen molar-refractivity contribution in [1.82, 2.24) is 4.90 Å². The third-order valence-corrected chi connectivity index (χ3v) is 4.91. The number of nitrogens with zero attached hydrogens (tertiary/aromatic N) is 1. The molecule has 0 aliphatic rings. The summed E-state index contributed by atoms with van der Waals surface area (Å²) in [6.45, 7) is 1.56. The molecule has 18 heavy (non-hydrogen) atoms. The summed E-state index contributed by atoms with van der Waals surface area (Å²) in [4.78, 5) is 12.7. The third kappa shape index (κ3) is 3.71. The Hall–Kier alpha value is -1.07. The zero-order valence-corrected chi connectivity index (χ0v) is 12.1. The average molecular weight is 290 g/mol. The summed E-state index contributed by atoms with van der Waals surface area (Å²) in [5.41, 5.74) is 0.592. The maximum atomic E-state index is 12.1. The first-order chi connectivity index (χ1) is 8.24. The van der Waals surface area contributed by atoms with Crippen LogP contribution < -0.4 is 0 Å². The van der Waals surface area contributed by atoms with Crippen LogP contribution in [0.5, 0.6) is 0 Å².